The zero-order valence-electron chi connectivity index (χ0n) is 12.0. The van der Waals surface area contributed by atoms with Crippen LogP contribution in [-0.2, 0) is 0 Å². The summed E-state index contributed by atoms with van der Waals surface area (Å²) in [7, 11) is 0. The van der Waals surface area contributed by atoms with E-state index in [2.05, 4.69) is 64.2 Å². The third-order valence-electron chi connectivity index (χ3n) is 3.64. The number of rotatable bonds is 6. The van der Waals surface area contributed by atoms with E-state index in [4.69, 9.17) is 0 Å². The molecular weight excluding hydrogens is 206 g/mol. The smallest absolute Gasteiger partial charge is 0.0130 e. The zero-order valence-corrected chi connectivity index (χ0v) is 12.0. The maximum atomic E-state index is 3.57. The molecule has 0 bridgehead atoms. The van der Waals surface area contributed by atoms with Crippen LogP contribution >= 0.6 is 0 Å². The third kappa shape index (κ3) is 3.85. The van der Waals surface area contributed by atoms with Crippen molar-refractivity contribution in [3.8, 4) is 0 Å². The highest BCUT2D eigenvalue weighted by Gasteiger charge is 2.15. The van der Waals surface area contributed by atoms with Gasteiger partial charge < -0.3 is 5.32 Å². The molecule has 1 heteroatoms. The molecule has 17 heavy (non-hydrogen) atoms. The largest absolute Gasteiger partial charge is 0.314 e. The van der Waals surface area contributed by atoms with Crippen LogP contribution in [0.5, 0.6) is 0 Å². The first-order valence-corrected chi connectivity index (χ1v) is 6.93. The quantitative estimate of drug-likeness (QED) is 0.772. The fraction of sp³-hybridized carbons (Fsp3) is 0.625. The van der Waals surface area contributed by atoms with Gasteiger partial charge in [-0.05, 0) is 35.9 Å². The summed E-state index contributed by atoms with van der Waals surface area (Å²) in [4.78, 5) is 0. The summed E-state index contributed by atoms with van der Waals surface area (Å²) < 4.78 is 0. The van der Waals surface area contributed by atoms with E-state index in [1.54, 1.807) is 0 Å². The Balaban J connectivity index is 2.77. The molecule has 0 spiro atoms. The Kier molecular flexibility index (Phi) is 5.70. The molecule has 2 atom stereocenters. The number of likely N-dealkylation sites (N-methyl/N-ethyl adjacent to an activating group) is 1. The molecule has 2 unspecified atom stereocenters. The molecule has 1 N–H and O–H groups in total. The molecule has 0 fully saturated rings. The van der Waals surface area contributed by atoms with E-state index in [1.807, 2.05) is 0 Å². The van der Waals surface area contributed by atoms with Crippen molar-refractivity contribution in [1.82, 2.24) is 5.32 Å². The summed E-state index contributed by atoms with van der Waals surface area (Å²) in [6, 6.07) is 9.72. The summed E-state index contributed by atoms with van der Waals surface area (Å²) in [6.45, 7) is 12.3. The van der Waals surface area contributed by atoms with Gasteiger partial charge in [0.1, 0.15) is 0 Å². The average Bonchev–Trinajstić information content (AvgIpc) is 2.35. The Morgan fingerprint density at radius 1 is 0.941 bits per heavy atom. The molecule has 1 aromatic rings. The molecule has 0 aliphatic rings. The van der Waals surface area contributed by atoms with Crippen molar-refractivity contribution in [2.45, 2.75) is 58.9 Å². The predicted molar refractivity (Wildman–Crippen MR) is 76.7 cm³/mol. The Hall–Kier alpha value is -0.820. The fourth-order valence-corrected chi connectivity index (χ4v) is 2.35. The molecule has 0 aliphatic heterocycles. The van der Waals surface area contributed by atoms with Gasteiger partial charge in [0.15, 0.2) is 0 Å². The van der Waals surface area contributed by atoms with Gasteiger partial charge in [0.25, 0.3) is 0 Å². The number of benzene rings is 1. The summed E-state index contributed by atoms with van der Waals surface area (Å²) in [5, 5.41) is 3.57. The van der Waals surface area contributed by atoms with Gasteiger partial charge >= 0.3 is 0 Å². The molecule has 1 nitrogen and oxygen atoms in total. The van der Waals surface area contributed by atoms with Crippen molar-refractivity contribution in [2.75, 3.05) is 6.54 Å². The normalized spacial score (nSPS) is 14.9. The SMILES string of the molecule is CCNC(CC)C(C)c1ccc(C(C)C)cc1. The van der Waals surface area contributed by atoms with Gasteiger partial charge in [0.05, 0.1) is 0 Å². The van der Waals surface area contributed by atoms with E-state index in [0.717, 1.165) is 6.54 Å². The minimum Gasteiger partial charge on any atom is -0.314 e. The van der Waals surface area contributed by atoms with Gasteiger partial charge in [-0.3, -0.25) is 0 Å². The standard InChI is InChI=1S/C16H27N/c1-6-16(17-7-2)13(5)15-10-8-14(9-11-15)12(3)4/h8-13,16-17H,6-7H2,1-5H3. The molecule has 0 aliphatic carbocycles. The highest BCUT2D eigenvalue weighted by molar-refractivity contribution is 5.27. The second-order valence-corrected chi connectivity index (χ2v) is 5.18. The minimum absolute atomic E-state index is 0.584. The first kappa shape index (κ1) is 14.2. The van der Waals surface area contributed by atoms with Gasteiger partial charge in [-0.2, -0.15) is 0 Å². The summed E-state index contributed by atoms with van der Waals surface area (Å²) in [6.07, 6.45) is 1.18. The van der Waals surface area contributed by atoms with E-state index in [-0.39, 0.29) is 0 Å². The maximum Gasteiger partial charge on any atom is 0.0130 e. The van der Waals surface area contributed by atoms with Gasteiger partial charge in [0.2, 0.25) is 0 Å². The molecule has 0 radical (unpaired) electrons. The lowest BCUT2D eigenvalue weighted by Crippen LogP contribution is -2.32. The van der Waals surface area contributed by atoms with Gasteiger partial charge in [-0.1, -0.05) is 58.9 Å². The fourth-order valence-electron chi connectivity index (χ4n) is 2.35. The first-order chi connectivity index (χ1) is 8.10. The number of nitrogens with one attached hydrogen (secondary N) is 1. The Morgan fingerprint density at radius 3 is 1.88 bits per heavy atom. The van der Waals surface area contributed by atoms with Crippen LogP contribution in [0.1, 0.15) is 64.0 Å². The van der Waals surface area contributed by atoms with Crippen LogP contribution in [0.4, 0.5) is 0 Å². The second-order valence-electron chi connectivity index (χ2n) is 5.18. The van der Waals surface area contributed by atoms with Crippen molar-refractivity contribution in [1.29, 1.82) is 0 Å². The van der Waals surface area contributed by atoms with E-state index in [9.17, 15) is 0 Å². The van der Waals surface area contributed by atoms with Crippen molar-refractivity contribution in [3.05, 3.63) is 35.4 Å². The van der Waals surface area contributed by atoms with E-state index < -0.39 is 0 Å². The Bertz CT molecular complexity index is 313. The molecule has 0 saturated carbocycles. The van der Waals surface area contributed by atoms with Crippen molar-refractivity contribution >= 4 is 0 Å². The lowest BCUT2D eigenvalue weighted by molar-refractivity contribution is 0.448. The molecule has 1 rings (SSSR count). The van der Waals surface area contributed by atoms with Crippen LogP contribution in [0, 0.1) is 0 Å². The maximum absolute atomic E-state index is 3.57. The summed E-state index contributed by atoms with van der Waals surface area (Å²) >= 11 is 0. The van der Waals surface area contributed by atoms with Crippen molar-refractivity contribution in [3.63, 3.8) is 0 Å². The topological polar surface area (TPSA) is 12.0 Å². The monoisotopic (exact) mass is 233 g/mol. The average molecular weight is 233 g/mol. The van der Waals surface area contributed by atoms with Crippen LogP contribution in [0.3, 0.4) is 0 Å². The van der Waals surface area contributed by atoms with Gasteiger partial charge in [-0.25, -0.2) is 0 Å². The Morgan fingerprint density at radius 2 is 1.47 bits per heavy atom. The van der Waals surface area contributed by atoms with E-state index in [0.29, 0.717) is 17.9 Å². The van der Waals surface area contributed by atoms with E-state index >= 15 is 0 Å². The highest BCUT2D eigenvalue weighted by Crippen LogP contribution is 2.23. The molecule has 0 saturated heterocycles. The Labute approximate surface area is 107 Å². The van der Waals surface area contributed by atoms with E-state index in [1.165, 1.54) is 17.5 Å². The predicted octanol–water partition coefficient (Wildman–Crippen LogP) is 4.30. The van der Waals surface area contributed by atoms with Crippen LogP contribution < -0.4 is 5.32 Å². The zero-order chi connectivity index (χ0) is 12.8. The van der Waals surface area contributed by atoms with Crippen molar-refractivity contribution < 1.29 is 0 Å². The van der Waals surface area contributed by atoms with Crippen LogP contribution in [0.2, 0.25) is 0 Å². The first-order valence-electron chi connectivity index (χ1n) is 6.93. The summed E-state index contributed by atoms with van der Waals surface area (Å²) in [5.41, 5.74) is 2.87. The van der Waals surface area contributed by atoms with Crippen LogP contribution in [0.15, 0.2) is 24.3 Å². The highest BCUT2D eigenvalue weighted by atomic mass is 14.9. The second kappa shape index (κ2) is 6.80. The molecule has 1 aromatic carbocycles. The van der Waals surface area contributed by atoms with Gasteiger partial charge in [-0.15, -0.1) is 0 Å². The lowest BCUT2D eigenvalue weighted by atomic mass is 9.90. The minimum atomic E-state index is 0.584. The molecule has 0 aromatic heterocycles. The third-order valence-corrected chi connectivity index (χ3v) is 3.64. The number of hydrogen-bond donors (Lipinski definition) is 1. The summed E-state index contributed by atoms with van der Waals surface area (Å²) in [5.74, 6) is 1.20. The molecule has 0 amide bonds. The lowest BCUT2D eigenvalue weighted by Gasteiger charge is -2.24. The van der Waals surface area contributed by atoms with Crippen molar-refractivity contribution in [2.24, 2.45) is 0 Å². The van der Waals surface area contributed by atoms with Crippen LogP contribution in [-0.4, -0.2) is 12.6 Å². The van der Waals surface area contributed by atoms with Crippen LogP contribution in [0.25, 0.3) is 0 Å². The molecular formula is C16H27N. The number of hydrogen-bond acceptors (Lipinski definition) is 1. The molecule has 96 valence electrons. The molecule has 0 heterocycles. The van der Waals surface area contributed by atoms with Gasteiger partial charge in [0, 0.05) is 6.04 Å².